The van der Waals surface area contributed by atoms with Crippen LogP contribution in [0.2, 0.25) is 0 Å². The molecule has 0 saturated carbocycles. The molecule has 1 heterocycles. The second-order valence-electron chi connectivity index (χ2n) is 4.98. The summed E-state index contributed by atoms with van der Waals surface area (Å²) in [6, 6.07) is 7.21. The van der Waals surface area contributed by atoms with E-state index < -0.39 is 6.10 Å². The van der Waals surface area contributed by atoms with Gasteiger partial charge in [-0.1, -0.05) is 18.1 Å². The van der Waals surface area contributed by atoms with Crippen molar-refractivity contribution in [2.75, 3.05) is 12.4 Å². The van der Waals surface area contributed by atoms with E-state index in [-0.39, 0.29) is 5.91 Å². The van der Waals surface area contributed by atoms with Gasteiger partial charge in [-0.2, -0.15) is 0 Å². The number of anilines is 1. The van der Waals surface area contributed by atoms with Crippen LogP contribution in [-0.2, 0) is 4.79 Å². The molecule has 1 aromatic carbocycles. The molecule has 1 N–H and O–H groups in total. The van der Waals surface area contributed by atoms with Crippen molar-refractivity contribution in [1.29, 1.82) is 0 Å². The minimum Gasteiger partial charge on any atom is -0.493 e. The summed E-state index contributed by atoms with van der Waals surface area (Å²) in [6.07, 6.45) is -0.131. The van der Waals surface area contributed by atoms with Crippen molar-refractivity contribution in [3.8, 4) is 11.5 Å². The first-order valence-corrected chi connectivity index (χ1v) is 7.09. The molecule has 0 bridgehead atoms. The molecule has 0 aliphatic rings. The lowest BCUT2D eigenvalue weighted by Gasteiger charge is -2.18. The van der Waals surface area contributed by atoms with E-state index >= 15 is 0 Å². The van der Waals surface area contributed by atoms with E-state index in [2.05, 4.69) is 10.5 Å². The molecule has 118 valence electrons. The molecule has 0 saturated heterocycles. The van der Waals surface area contributed by atoms with Crippen LogP contribution in [-0.4, -0.2) is 24.3 Å². The number of nitrogens with zero attached hydrogens (tertiary/aromatic N) is 1. The molecule has 1 aromatic heterocycles. The second-order valence-corrected chi connectivity index (χ2v) is 4.98. The zero-order chi connectivity index (χ0) is 16.1. The third-order valence-corrected chi connectivity index (χ3v) is 3.13. The average Bonchev–Trinajstić information content (AvgIpc) is 2.90. The van der Waals surface area contributed by atoms with Crippen molar-refractivity contribution >= 4 is 11.7 Å². The summed E-state index contributed by atoms with van der Waals surface area (Å²) in [5, 5.41) is 6.41. The van der Waals surface area contributed by atoms with Crippen LogP contribution < -0.4 is 14.8 Å². The summed E-state index contributed by atoms with van der Waals surface area (Å²) >= 11 is 0. The smallest absolute Gasteiger partial charge is 0.266 e. The maximum Gasteiger partial charge on any atom is 0.266 e. The van der Waals surface area contributed by atoms with Gasteiger partial charge in [-0.05, 0) is 38.0 Å². The number of aryl methyl sites for hydroxylation is 2. The number of aromatic nitrogens is 1. The number of ether oxygens (including phenoxy) is 2. The van der Waals surface area contributed by atoms with Crippen molar-refractivity contribution in [3.63, 3.8) is 0 Å². The van der Waals surface area contributed by atoms with Gasteiger partial charge in [0.25, 0.3) is 5.91 Å². The number of carbonyl (C=O) groups excluding carboxylic acids is 1. The van der Waals surface area contributed by atoms with Crippen LogP contribution in [0.1, 0.15) is 24.7 Å². The first-order chi connectivity index (χ1) is 10.5. The number of amides is 1. The van der Waals surface area contributed by atoms with Crippen LogP contribution in [0.4, 0.5) is 5.82 Å². The second kappa shape index (κ2) is 6.98. The molecule has 6 nitrogen and oxygen atoms in total. The van der Waals surface area contributed by atoms with Crippen LogP contribution >= 0.6 is 0 Å². The summed E-state index contributed by atoms with van der Waals surface area (Å²) in [5.74, 6) is 1.86. The molecule has 1 amide bonds. The highest BCUT2D eigenvalue weighted by Gasteiger charge is 2.21. The Labute approximate surface area is 129 Å². The van der Waals surface area contributed by atoms with Crippen LogP contribution in [0.3, 0.4) is 0 Å². The molecule has 2 rings (SSSR count). The molecule has 0 aliphatic heterocycles. The van der Waals surface area contributed by atoms with Gasteiger partial charge in [-0.25, -0.2) is 0 Å². The Bertz CT molecular complexity index is 651. The molecule has 22 heavy (non-hydrogen) atoms. The van der Waals surface area contributed by atoms with Gasteiger partial charge in [-0.15, -0.1) is 0 Å². The number of rotatable bonds is 6. The van der Waals surface area contributed by atoms with Gasteiger partial charge in [0.2, 0.25) is 0 Å². The van der Waals surface area contributed by atoms with Crippen LogP contribution in [0.5, 0.6) is 11.5 Å². The maximum atomic E-state index is 12.3. The highest BCUT2D eigenvalue weighted by molar-refractivity contribution is 5.93. The van der Waals surface area contributed by atoms with Gasteiger partial charge < -0.3 is 19.3 Å². The Balaban J connectivity index is 2.10. The van der Waals surface area contributed by atoms with Crippen LogP contribution in [0.15, 0.2) is 28.8 Å². The number of hydrogen-bond acceptors (Lipinski definition) is 5. The third kappa shape index (κ3) is 3.78. The van der Waals surface area contributed by atoms with Gasteiger partial charge in [0.15, 0.2) is 23.4 Å². The zero-order valence-electron chi connectivity index (χ0n) is 13.2. The predicted octanol–water partition coefficient (Wildman–Crippen LogP) is 3.10. The summed E-state index contributed by atoms with van der Waals surface area (Å²) in [5.41, 5.74) is 1.06. The van der Waals surface area contributed by atoms with Crippen molar-refractivity contribution in [2.24, 2.45) is 0 Å². The van der Waals surface area contributed by atoms with Crippen molar-refractivity contribution in [3.05, 3.63) is 35.6 Å². The fourth-order valence-electron chi connectivity index (χ4n) is 1.98. The fourth-order valence-corrected chi connectivity index (χ4v) is 1.98. The lowest BCUT2D eigenvalue weighted by atomic mass is 10.2. The minimum absolute atomic E-state index is 0.279. The Morgan fingerprint density at radius 1 is 1.32 bits per heavy atom. The Kier molecular flexibility index (Phi) is 5.04. The topological polar surface area (TPSA) is 73.6 Å². The van der Waals surface area contributed by atoms with E-state index in [1.54, 1.807) is 26.2 Å². The first kappa shape index (κ1) is 15.9. The highest BCUT2D eigenvalue weighted by Crippen LogP contribution is 2.29. The lowest BCUT2D eigenvalue weighted by molar-refractivity contribution is -0.122. The van der Waals surface area contributed by atoms with Gasteiger partial charge in [0, 0.05) is 6.07 Å². The molecular weight excluding hydrogens is 284 g/mol. The molecule has 0 aliphatic carbocycles. The first-order valence-electron chi connectivity index (χ1n) is 7.09. The minimum atomic E-state index is -0.645. The third-order valence-electron chi connectivity index (χ3n) is 3.13. The monoisotopic (exact) mass is 304 g/mol. The Morgan fingerprint density at radius 2 is 2.09 bits per heavy atom. The van der Waals surface area contributed by atoms with E-state index in [9.17, 15) is 4.79 Å². The normalized spacial score (nSPS) is 11.8. The average molecular weight is 304 g/mol. The highest BCUT2D eigenvalue weighted by atomic mass is 16.5. The van der Waals surface area contributed by atoms with Gasteiger partial charge in [-0.3, -0.25) is 4.79 Å². The SMILES string of the molecule is CCC(Oc1ccc(C)cc1OC)C(=O)Nc1cc(C)on1. The summed E-state index contributed by atoms with van der Waals surface area (Å²) < 4.78 is 16.0. The number of nitrogens with one attached hydrogen (secondary N) is 1. The fraction of sp³-hybridized carbons (Fsp3) is 0.375. The quantitative estimate of drug-likeness (QED) is 0.887. The number of carbonyl (C=O) groups is 1. The van der Waals surface area contributed by atoms with E-state index in [1.807, 2.05) is 26.0 Å². The van der Waals surface area contributed by atoms with Gasteiger partial charge in [0.1, 0.15) is 5.76 Å². The zero-order valence-corrected chi connectivity index (χ0v) is 13.2. The molecule has 1 unspecified atom stereocenters. The Hall–Kier alpha value is -2.50. The van der Waals surface area contributed by atoms with Crippen LogP contribution in [0.25, 0.3) is 0 Å². The van der Waals surface area contributed by atoms with E-state index in [4.69, 9.17) is 14.0 Å². The standard InChI is InChI=1S/C16H20N2O4/c1-5-12(16(19)17-15-9-11(3)22-18-15)21-13-7-6-10(2)8-14(13)20-4/h6-9,12H,5H2,1-4H3,(H,17,18,19). The number of benzene rings is 1. The van der Waals surface area contributed by atoms with Crippen molar-refractivity contribution in [1.82, 2.24) is 5.16 Å². The molecular formula is C16H20N2O4. The largest absolute Gasteiger partial charge is 0.493 e. The number of methoxy groups -OCH3 is 1. The van der Waals surface area contributed by atoms with E-state index in [0.29, 0.717) is 29.5 Å². The van der Waals surface area contributed by atoms with Gasteiger partial charge >= 0.3 is 0 Å². The number of hydrogen-bond donors (Lipinski definition) is 1. The van der Waals surface area contributed by atoms with E-state index in [0.717, 1.165) is 5.56 Å². The summed E-state index contributed by atoms with van der Waals surface area (Å²) in [7, 11) is 1.57. The van der Waals surface area contributed by atoms with Crippen LogP contribution in [0, 0.1) is 13.8 Å². The predicted molar refractivity (Wildman–Crippen MR) is 82.3 cm³/mol. The van der Waals surface area contributed by atoms with Crippen molar-refractivity contribution < 1.29 is 18.8 Å². The molecule has 1 atom stereocenters. The molecule has 0 radical (unpaired) electrons. The molecule has 6 heteroatoms. The van der Waals surface area contributed by atoms with Crippen molar-refractivity contribution in [2.45, 2.75) is 33.3 Å². The lowest BCUT2D eigenvalue weighted by Crippen LogP contribution is -2.32. The maximum absolute atomic E-state index is 12.3. The summed E-state index contributed by atoms with van der Waals surface area (Å²) in [6.45, 7) is 5.59. The Morgan fingerprint density at radius 3 is 2.68 bits per heavy atom. The molecule has 0 fully saturated rings. The van der Waals surface area contributed by atoms with Gasteiger partial charge in [0.05, 0.1) is 7.11 Å². The molecule has 2 aromatic rings. The van der Waals surface area contributed by atoms with E-state index in [1.165, 1.54) is 0 Å². The summed E-state index contributed by atoms with van der Waals surface area (Å²) in [4.78, 5) is 12.3. The molecule has 0 spiro atoms.